The van der Waals surface area contributed by atoms with Gasteiger partial charge in [-0.25, -0.2) is 0 Å². The molecule has 0 saturated heterocycles. The van der Waals surface area contributed by atoms with Crippen molar-refractivity contribution in [3.63, 3.8) is 0 Å². The molecule has 0 atom stereocenters. The molecule has 0 saturated carbocycles. The molecule has 0 aromatic rings. The summed E-state index contributed by atoms with van der Waals surface area (Å²) in [5.41, 5.74) is 4.39. The molecule has 0 bridgehead atoms. The molecule has 0 spiro atoms. The minimum absolute atomic E-state index is 3.00. The summed E-state index contributed by atoms with van der Waals surface area (Å²) >= 11 is 3.83. The normalized spacial score (nSPS) is 6.45. The summed E-state index contributed by atoms with van der Waals surface area (Å²) in [5, 5.41) is 0. The van der Waals surface area contributed by atoms with Crippen LogP contribution in [0.15, 0.2) is 39.5 Å². The minimum atomic E-state index is -3.31. The summed E-state index contributed by atoms with van der Waals surface area (Å²) in [6.07, 6.45) is 0. The van der Waals surface area contributed by atoms with E-state index in [9.17, 15) is 0 Å². The number of hydrogen-bond donors (Lipinski definition) is 3. The van der Waals surface area contributed by atoms with Crippen LogP contribution >= 0.6 is 6.64 Å². The summed E-state index contributed by atoms with van der Waals surface area (Å²) in [6, 6.07) is 0. The molecule has 0 unspecified atom stereocenters. The van der Waals surface area contributed by atoms with Crippen molar-refractivity contribution >= 4 is 18.4 Å². The second kappa shape index (κ2) is 22.6. The van der Waals surface area contributed by atoms with Gasteiger partial charge in [0.05, 0.1) is 0 Å². The van der Waals surface area contributed by atoms with Crippen LogP contribution in [0.25, 0.3) is 0 Å². The SMILES string of the molecule is C=C.C=C.C=C.NP(O)(O)=S. The Balaban J connectivity index is -0.0000000350. The Morgan fingerprint density at radius 3 is 0.909 bits per heavy atom. The van der Waals surface area contributed by atoms with Crippen molar-refractivity contribution in [3.8, 4) is 0 Å². The van der Waals surface area contributed by atoms with E-state index in [2.05, 4.69) is 56.8 Å². The molecule has 0 radical (unpaired) electrons. The fourth-order valence-electron chi connectivity index (χ4n) is 0. The van der Waals surface area contributed by atoms with Gasteiger partial charge in [0.25, 0.3) is 6.64 Å². The lowest BCUT2D eigenvalue weighted by molar-refractivity contribution is 0.481. The third kappa shape index (κ3) is 9370. The summed E-state index contributed by atoms with van der Waals surface area (Å²) < 4.78 is 0. The van der Waals surface area contributed by atoms with Crippen LogP contribution in [0, 0.1) is 0 Å². The van der Waals surface area contributed by atoms with E-state index in [1.165, 1.54) is 0 Å². The highest BCUT2D eigenvalue weighted by molar-refractivity contribution is 8.07. The van der Waals surface area contributed by atoms with E-state index in [1.54, 1.807) is 0 Å². The zero-order valence-corrected chi connectivity index (χ0v) is 8.28. The highest BCUT2D eigenvalue weighted by Crippen LogP contribution is 2.20. The van der Waals surface area contributed by atoms with Gasteiger partial charge in [-0.15, -0.1) is 39.5 Å². The molecule has 0 rings (SSSR count). The van der Waals surface area contributed by atoms with Crippen LogP contribution < -0.4 is 5.50 Å². The molecule has 0 amide bonds. The van der Waals surface area contributed by atoms with Crippen LogP contribution in [0.2, 0.25) is 0 Å². The molecular weight excluding hydrogens is 181 g/mol. The van der Waals surface area contributed by atoms with E-state index >= 15 is 0 Å². The van der Waals surface area contributed by atoms with Crippen LogP contribution in [0.4, 0.5) is 0 Å². The van der Waals surface area contributed by atoms with E-state index in [-0.39, 0.29) is 0 Å². The largest absolute Gasteiger partial charge is 0.334 e. The molecule has 5 heteroatoms. The monoisotopic (exact) mass is 197 g/mol. The smallest absolute Gasteiger partial charge is 0.253 e. The molecule has 0 aliphatic carbocycles. The average Bonchev–Trinajstić information content (AvgIpc) is 1.96. The molecule has 0 heterocycles. The van der Waals surface area contributed by atoms with Crippen molar-refractivity contribution in [1.82, 2.24) is 0 Å². The van der Waals surface area contributed by atoms with Gasteiger partial charge in [-0.05, 0) is 11.8 Å². The van der Waals surface area contributed by atoms with Gasteiger partial charge in [0.1, 0.15) is 0 Å². The van der Waals surface area contributed by atoms with Crippen molar-refractivity contribution in [2.45, 2.75) is 0 Å². The van der Waals surface area contributed by atoms with Crippen molar-refractivity contribution in [2.75, 3.05) is 0 Å². The van der Waals surface area contributed by atoms with Crippen LogP contribution in [-0.4, -0.2) is 9.79 Å². The maximum absolute atomic E-state index is 7.78. The fraction of sp³-hybridized carbons (Fsp3) is 0. The van der Waals surface area contributed by atoms with Crippen LogP contribution in [-0.2, 0) is 11.8 Å². The van der Waals surface area contributed by atoms with Gasteiger partial charge in [0.2, 0.25) is 0 Å². The Morgan fingerprint density at radius 1 is 0.909 bits per heavy atom. The lowest BCUT2D eigenvalue weighted by Crippen LogP contribution is -1.86. The second-order valence-corrected chi connectivity index (χ2v) is 3.38. The van der Waals surface area contributed by atoms with Crippen molar-refractivity contribution < 1.29 is 9.79 Å². The Hall–Kier alpha value is -0.250. The Bertz CT molecular complexity index is 91.7. The molecule has 0 aromatic heterocycles. The lowest BCUT2D eigenvalue weighted by Gasteiger charge is -1.90. The first kappa shape index (κ1) is 22.4. The third-order valence-electron chi connectivity index (χ3n) is 0. The molecule has 4 N–H and O–H groups in total. The molecule has 0 fully saturated rings. The van der Waals surface area contributed by atoms with Gasteiger partial charge in [0.15, 0.2) is 0 Å². The van der Waals surface area contributed by atoms with Gasteiger partial charge in [-0.2, -0.15) is 0 Å². The van der Waals surface area contributed by atoms with Gasteiger partial charge >= 0.3 is 0 Å². The van der Waals surface area contributed by atoms with Gasteiger partial charge < -0.3 is 9.79 Å². The van der Waals surface area contributed by atoms with Crippen LogP contribution in [0.5, 0.6) is 0 Å². The molecule has 0 aromatic carbocycles. The van der Waals surface area contributed by atoms with Crippen molar-refractivity contribution in [3.05, 3.63) is 39.5 Å². The van der Waals surface area contributed by atoms with Gasteiger partial charge in [-0.3, -0.25) is 5.50 Å². The second-order valence-electron chi connectivity index (χ2n) is 0.589. The molecule has 0 aliphatic rings. The fourth-order valence-corrected chi connectivity index (χ4v) is 0. The summed E-state index contributed by atoms with van der Waals surface area (Å²) in [7, 11) is 0. The van der Waals surface area contributed by atoms with Crippen molar-refractivity contribution in [1.29, 1.82) is 0 Å². The minimum Gasteiger partial charge on any atom is -0.334 e. The standard InChI is InChI=1S/3C2H4.H4NO2PS/c3*1-2;1-4(2,3)5/h3*1-2H2;(H4,1,2,3,5). The number of hydrogen-bond acceptors (Lipinski definition) is 1. The Kier molecular flexibility index (Phi) is 46.0. The first-order chi connectivity index (χ1) is 5.00. The van der Waals surface area contributed by atoms with E-state index in [0.717, 1.165) is 0 Å². The first-order valence-electron chi connectivity index (χ1n) is 2.34. The third-order valence-corrected chi connectivity index (χ3v) is 0. The topological polar surface area (TPSA) is 66.5 Å². The molecule has 3 nitrogen and oxygen atoms in total. The van der Waals surface area contributed by atoms with Crippen LogP contribution in [0.1, 0.15) is 0 Å². The summed E-state index contributed by atoms with van der Waals surface area (Å²) in [4.78, 5) is 15.6. The van der Waals surface area contributed by atoms with E-state index < -0.39 is 6.64 Å². The molecule has 68 valence electrons. The van der Waals surface area contributed by atoms with E-state index in [0.29, 0.717) is 0 Å². The zero-order chi connectivity index (χ0) is 10.5. The summed E-state index contributed by atoms with van der Waals surface area (Å²) in [5.74, 6) is 0. The lowest BCUT2D eigenvalue weighted by atomic mass is 11.3. The predicted octanol–water partition coefficient (Wildman–Crippen LogP) is 1.56. The maximum Gasteiger partial charge on any atom is 0.253 e. The zero-order valence-electron chi connectivity index (χ0n) is 6.57. The van der Waals surface area contributed by atoms with Gasteiger partial charge in [0, 0.05) is 0 Å². The van der Waals surface area contributed by atoms with Gasteiger partial charge in [-0.1, -0.05) is 0 Å². The number of nitrogens with two attached hydrogens (primary N) is 1. The number of rotatable bonds is 0. The van der Waals surface area contributed by atoms with Crippen LogP contribution in [0.3, 0.4) is 0 Å². The molecule has 11 heavy (non-hydrogen) atoms. The Labute approximate surface area is 73.8 Å². The van der Waals surface area contributed by atoms with E-state index in [1.807, 2.05) is 0 Å². The summed E-state index contributed by atoms with van der Waals surface area (Å²) in [6.45, 7) is 14.7. The molecular formula is C6H16NO2PS. The predicted molar refractivity (Wildman–Crippen MR) is 56.7 cm³/mol. The highest BCUT2D eigenvalue weighted by atomic mass is 32.5. The highest BCUT2D eigenvalue weighted by Gasteiger charge is 1.88. The Morgan fingerprint density at radius 2 is 0.909 bits per heavy atom. The van der Waals surface area contributed by atoms with Crippen molar-refractivity contribution in [2.24, 2.45) is 5.50 Å². The quantitative estimate of drug-likeness (QED) is 0.407. The molecule has 0 aliphatic heterocycles. The van der Waals surface area contributed by atoms with E-state index in [4.69, 9.17) is 9.79 Å². The maximum atomic E-state index is 7.78. The average molecular weight is 197 g/mol. The first-order valence-corrected chi connectivity index (χ1v) is 5.12.